The van der Waals surface area contributed by atoms with Crippen molar-refractivity contribution < 1.29 is 19.2 Å². The van der Waals surface area contributed by atoms with Crippen LogP contribution in [0.25, 0.3) is 44.5 Å². The van der Waals surface area contributed by atoms with Gasteiger partial charge >= 0.3 is 0 Å². The van der Waals surface area contributed by atoms with Crippen LogP contribution in [0.4, 0.5) is 11.4 Å². The smallest absolute Gasteiger partial charge is 0.266 e. The van der Waals surface area contributed by atoms with E-state index in [1.807, 2.05) is 124 Å². The second-order valence-electron chi connectivity index (χ2n) is 15.8. The molecule has 60 heavy (non-hydrogen) atoms. The van der Waals surface area contributed by atoms with Crippen LogP contribution in [0.2, 0.25) is 0 Å². The number of amides is 4. The van der Waals surface area contributed by atoms with Crippen LogP contribution >= 0.6 is 0 Å². The molecule has 0 unspecified atom stereocenters. The molecule has 0 fully saturated rings. The first-order valence-electron chi connectivity index (χ1n) is 20.7. The lowest BCUT2D eigenvalue weighted by molar-refractivity contribution is 0.0910. The molecule has 0 aromatic heterocycles. The molecule has 4 amide bonds. The second-order valence-corrected chi connectivity index (χ2v) is 15.8. The summed E-state index contributed by atoms with van der Waals surface area (Å²) in [5.41, 5.74) is 16.2. The Morgan fingerprint density at radius 2 is 0.700 bits per heavy atom. The van der Waals surface area contributed by atoms with E-state index in [0.717, 1.165) is 78.7 Å². The van der Waals surface area contributed by atoms with Crippen molar-refractivity contribution in [3.05, 3.63) is 190 Å². The van der Waals surface area contributed by atoms with E-state index in [2.05, 4.69) is 38.1 Å². The van der Waals surface area contributed by atoms with Crippen molar-refractivity contribution in [2.24, 2.45) is 0 Å². The Morgan fingerprint density at radius 1 is 0.333 bits per heavy atom. The standard InChI is InChI=1S/C54H44N2O4/c1-6-34-27-39(40-20-26-50(36(8-3)28-40)56-52(58)47-24-19-42(31-49(47)54(56)60)38-15-11-33(5)12-16-38)17-22-44(34)45-25-21-43(29-35(45)7-2)55-51(57)46-23-18-41(30-48(46)53(55)59)37-13-9-32(4)10-14-37/h9-31H,6-8H2,1-5H3. The Labute approximate surface area is 350 Å². The van der Waals surface area contributed by atoms with Crippen LogP contribution in [-0.2, 0) is 19.3 Å². The number of benzene rings is 7. The highest BCUT2D eigenvalue weighted by molar-refractivity contribution is 6.35. The summed E-state index contributed by atoms with van der Waals surface area (Å²) in [4.78, 5) is 57.8. The fourth-order valence-electron chi connectivity index (χ4n) is 8.66. The number of carbonyl (C=O) groups excluding carboxylic acids is 4. The van der Waals surface area contributed by atoms with E-state index in [1.165, 1.54) is 9.80 Å². The van der Waals surface area contributed by atoms with E-state index in [4.69, 9.17) is 0 Å². The van der Waals surface area contributed by atoms with Crippen LogP contribution in [0, 0.1) is 13.8 Å². The van der Waals surface area contributed by atoms with Gasteiger partial charge in [0.2, 0.25) is 0 Å². The molecule has 0 N–H and O–H groups in total. The zero-order valence-corrected chi connectivity index (χ0v) is 34.4. The van der Waals surface area contributed by atoms with Crippen molar-refractivity contribution in [3.63, 3.8) is 0 Å². The summed E-state index contributed by atoms with van der Waals surface area (Å²) in [7, 11) is 0. The molecular weight excluding hydrogens is 741 g/mol. The van der Waals surface area contributed by atoms with Gasteiger partial charge in [-0.2, -0.15) is 0 Å². The lowest BCUT2D eigenvalue weighted by atomic mass is 9.89. The number of fused-ring (bicyclic) bond motifs is 2. The van der Waals surface area contributed by atoms with Crippen LogP contribution < -0.4 is 9.80 Å². The minimum atomic E-state index is -0.315. The third-order valence-corrected chi connectivity index (χ3v) is 12.1. The number of nitrogens with zero attached hydrogens (tertiary/aromatic N) is 2. The topological polar surface area (TPSA) is 74.8 Å². The largest absolute Gasteiger partial charge is 0.268 e. The van der Waals surface area contributed by atoms with Gasteiger partial charge in [-0.1, -0.05) is 123 Å². The number of carbonyl (C=O) groups is 4. The molecule has 7 aromatic carbocycles. The van der Waals surface area contributed by atoms with Crippen molar-refractivity contribution in [1.82, 2.24) is 0 Å². The maximum Gasteiger partial charge on any atom is 0.266 e. The SMILES string of the molecule is CCc1cc(-c2ccc(N3C(=O)c4ccc(-c5ccc(C)cc5)cc4C3=O)c(CC)c2)ccc1-c1ccc(N2C(=O)c3ccc(-c4ccc(C)cc4)cc3C2=O)cc1CC. The Balaban J connectivity index is 0.985. The summed E-state index contributed by atoms with van der Waals surface area (Å²) in [6.07, 6.45) is 2.13. The predicted molar refractivity (Wildman–Crippen MR) is 241 cm³/mol. The molecule has 6 nitrogen and oxygen atoms in total. The lowest BCUT2D eigenvalue weighted by Gasteiger charge is -2.20. The number of hydrogen-bond acceptors (Lipinski definition) is 4. The van der Waals surface area contributed by atoms with E-state index in [0.29, 0.717) is 46.5 Å². The molecule has 7 aromatic rings. The highest BCUT2D eigenvalue weighted by Crippen LogP contribution is 2.39. The molecule has 0 spiro atoms. The van der Waals surface area contributed by atoms with Crippen LogP contribution in [-0.4, -0.2) is 23.6 Å². The zero-order valence-electron chi connectivity index (χ0n) is 34.4. The molecule has 0 bridgehead atoms. The molecule has 9 rings (SSSR count). The molecule has 2 heterocycles. The van der Waals surface area contributed by atoms with E-state index < -0.39 is 0 Å². The average molecular weight is 785 g/mol. The van der Waals surface area contributed by atoms with Gasteiger partial charge in [0.15, 0.2) is 0 Å². The molecule has 2 aliphatic rings. The summed E-state index contributed by atoms with van der Waals surface area (Å²) in [6, 6.07) is 45.6. The molecule has 0 atom stereocenters. The van der Waals surface area contributed by atoms with Gasteiger partial charge in [0, 0.05) is 0 Å². The Hall–Kier alpha value is -7.18. The first kappa shape index (κ1) is 38.3. The van der Waals surface area contributed by atoms with Crippen molar-refractivity contribution >= 4 is 35.0 Å². The van der Waals surface area contributed by atoms with Crippen molar-refractivity contribution in [2.45, 2.75) is 53.9 Å². The van der Waals surface area contributed by atoms with Gasteiger partial charge < -0.3 is 0 Å². The maximum atomic E-state index is 13.9. The summed E-state index contributed by atoms with van der Waals surface area (Å²) in [5, 5.41) is 0. The van der Waals surface area contributed by atoms with Gasteiger partial charge in [-0.15, -0.1) is 0 Å². The highest BCUT2D eigenvalue weighted by Gasteiger charge is 2.39. The van der Waals surface area contributed by atoms with Crippen LogP contribution in [0.5, 0.6) is 0 Å². The van der Waals surface area contributed by atoms with E-state index in [9.17, 15) is 19.2 Å². The quantitative estimate of drug-likeness (QED) is 0.137. The van der Waals surface area contributed by atoms with Crippen molar-refractivity contribution in [3.8, 4) is 44.5 Å². The van der Waals surface area contributed by atoms with Crippen LogP contribution in [0.3, 0.4) is 0 Å². The average Bonchev–Trinajstić information content (AvgIpc) is 3.68. The number of aryl methyl sites for hydroxylation is 5. The first-order valence-corrected chi connectivity index (χ1v) is 20.7. The Morgan fingerprint density at radius 3 is 1.22 bits per heavy atom. The molecule has 0 saturated carbocycles. The van der Waals surface area contributed by atoms with Crippen LogP contribution in [0.15, 0.2) is 140 Å². The van der Waals surface area contributed by atoms with E-state index >= 15 is 0 Å². The minimum absolute atomic E-state index is 0.307. The molecule has 6 heteroatoms. The summed E-state index contributed by atoms with van der Waals surface area (Å²) < 4.78 is 0. The lowest BCUT2D eigenvalue weighted by Crippen LogP contribution is -2.30. The molecule has 0 saturated heterocycles. The van der Waals surface area contributed by atoms with Crippen LogP contribution in [0.1, 0.15) is 90.0 Å². The summed E-state index contributed by atoms with van der Waals surface area (Å²) in [5.74, 6) is -1.24. The second kappa shape index (κ2) is 15.2. The van der Waals surface area contributed by atoms with Gasteiger partial charge in [-0.25, -0.2) is 9.80 Å². The van der Waals surface area contributed by atoms with Gasteiger partial charge in [0.25, 0.3) is 23.6 Å². The van der Waals surface area contributed by atoms with E-state index in [1.54, 1.807) is 12.1 Å². The van der Waals surface area contributed by atoms with Crippen molar-refractivity contribution in [2.75, 3.05) is 9.80 Å². The number of hydrogen-bond donors (Lipinski definition) is 0. The van der Waals surface area contributed by atoms with E-state index in [-0.39, 0.29) is 23.6 Å². The molecular formula is C54H44N2O4. The minimum Gasteiger partial charge on any atom is -0.268 e. The molecule has 0 aliphatic carbocycles. The monoisotopic (exact) mass is 784 g/mol. The predicted octanol–water partition coefficient (Wildman–Crippen LogP) is 12.3. The number of rotatable bonds is 9. The molecule has 294 valence electrons. The third kappa shape index (κ3) is 6.45. The fourth-order valence-corrected chi connectivity index (χ4v) is 8.66. The number of imide groups is 2. The van der Waals surface area contributed by atoms with Gasteiger partial charge in [-0.3, -0.25) is 19.2 Å². The van der Waals surface area contributed by atoms with Gasteiger partial charge in [0.1, 0.15) is 0 Å². The Bertz CT molecular complexity index is 2920. The summed E-state index contributed by atoms with van der Waals surface area (Å²) in [6.45, 7) is 10.3. The highest BCUT2D eigenvalue weighted by atomic mass is 16.2. The fraction of sp³-hybridized carbons (Fsp3) is 0.148. The van der Waals surface area contributed by atoms with Crippen molar-refractivity contribution in [1.29, 1.82) is 0 Å². The number of anilines is 2. The van der Waals surface area contributed by atoms with Gasteiger partial charge in [-0.05, 0) is 143 Å². The Kier molecular flexibility index (Phi) is 9.72. The maximum absolute atomic E-state index is 13.9. The van der Waals surface area contributed by atoms with Gasteiger partial charge in [0.05, 0.1) is 33.6 Å². The molecule has 0 radical (unpaired) electrons. The summed E-state index contributed by atoms with van der Waals surface area (Å²) >= 11 is 0. The first-order chi connectivity index (χ1) is 29.1. The zero-order chi connectivity index (χ0) is 41.8. The normalized spacial score (nSPS) is 13.3. The third-order valence-electron chi connectivity index (χ3n) is 12.1. The molecule has 2 aliphatic heterocycles.